The predicted molar refractivity (Wildman–Crippen MR) is 103 cm³/mol. The smallest absolute Gasteiger partial charge is 0.302 e. The highest BCUT2D eigenvalue weighted by atomic mass is 16.5. The van der Waals surface area contributed by atoms with E-state index in [1.54, 1.807) is 0 Å². The van der Waals surface area contributed by atoms with Crippen LogP contribution in [0.5, 0.6) is 0 Å². The van der Waals surface area contributed by atoms with Crippen LogP contribution in [0.4, 0.5) is 0 Å². The van der Waals surface area contributed by atoms with E-state index in [0.29, 0.717) is 18.1 Å². The molecular formula is C23H32O5. The molecule has 0 aliphatic heterocycles. The van der Waals surface area contributed by atoms with E-state index in [2.05, 4.69) is 19.9 Å². The first-order valence-corrected chi connectivity index (χ1v) is 10.7. The molecule has 0 bridgehead atoms. The lowest BCUT2D eigenvalue weighted by Crippen LogP contribution is -2.55. The van der Waals surface area contributed by atoms with Crippen molar-refractivity contribution < 1.29 is 24.2 Å². The van der Waals surface area contributed by atoms with E-state index >= 15 is 0 Å². The van der Waals surface area contributed by atoms with Crippen molar-refractivity contribution >= 4 is 17.5 Å². The zero-order valence-corrected chi connectivity index (χ0v) is 17.2. The van der Waals surface area contributed by atoms with Gasteiger partial charge in [0.25, 0.3) is 0 Å². The van der Waals surface area contributed by atoms with Gasteiger partial charge in [-0.3, -0.25) is 14.4 Å². The highest BCUT2D eigenvalue weighted by Gasteiger charge is 2.62. The molecule has 3 saturated carbocycles. The van der Waals surface area contributed by atoms with Crippen LogP contribution in [0, 0.1) is 34.5 Å². The molecular weight excluding hydrogens is 356 g/mol. The lowest BCUT2D eigenvalue weighted by molar-refractivity contribution is -0.153. The van der Waals surface area contributed by atoms with Gasteiger partial charge in [0.1, 0.15) is 18.5 Å². The number of allylic oxidation sites excluding steroid dienone is 1. The number of rotatable bonds is 3. The zero-order chi connectivity index (χ0) is 20.3. The number of hydrogen-bond acceptors (Lipinski definition) is 5. The summed E-state index contributed by atoms with van der Waals surface area (Å²) in [5, 5.41) is 9.40. The molecule has 4 aliphatic rings. The van der Waals surface area contributed by atoms with Crippen LogP contribution in [-0.2, 0) is 19.1 Å². The van der Waals surface area contributed by atoms with Gasteiger partial charge >= 0.3 is 5.97 Å². The van der Waals surface area contributed by atoms with Gasteiger partial charge in [-0.2, -0.15) is 0 Å². The Morgan fingerprint density at radius 1 is 1.25 bits per heavy atom. The monoisotopic (exact) mass is 388 g/mol. The van der Waals surface area contributed by atoms with Crippen molar-refractivity contribution in [2.24, 2.45) is 34.5 Å². The van der Waals surface area contributed by atoms with E-state index in [4.69, 9.17) is 4.74 Å². The van der Waals surface area contributed by atoms with Crippen molar-refractivity contribution in [3.05, 3.63) is 11.6 Å². The minimum absolute atomic E-state index is 0.00633. The predicted octanol–water partition coefficient (Wildman–Crippen LogP) is 3.24. The van der Waals surface area contributed by atoms with Gasteiger partial charge in [0.2, 0.25) is 0 Å². The Kier molecular flexibility index (Phi) is 4.80. The van der Waals surface area contributed by atoms with E-state index in [9.17, 15) is 19.5 Å². The highest BCUT2D eigenvalue weighted by molar-refractivity contribution is 5.88. The van der Waals surface area contributed by atoms with Crippen molar-refractivity contribution in [1.82, 2.24) is 0 Å². The maximum atomic E-state index is 13.5. The zero-order valence-electron chi connectivity index (χ0n) is 17.2. The van der Waals surface area contributed by atoms with Crippen molar-refractivity contribution in [3.8, 4) is 0 Å². The maximum absolute atomic E-state index is 13.5. The SMILES string of the molecule is CC(=O)OC1CC[C@@]2(C)C(=CC[C@H]3[C@@H]4CC[C@H](C(=O)CO)[C@@]4(C)CC(=O)[C@@H]32)C1. The molecule has 5 nitrogen and oxygen atoms in total. The summed E-state index contributed by atoms with van der Waals surface area (Å²) < 4.78 is 5.46. The Balaban J connectivity index is 1.63. The Bertz CT molecular complexity index is 739. The number of fused-ring (bicyclic) bond motifs is 5. The number of hydrogen-bond donors (Lipinski definition) is 1. The molecule has 154 valence electrons. The summed E-state index contributed by atoms with van der Waals surface area (Å²) in [5.41, 5.74) is 0.815. The summed E-state index contributed by atoms with van der Waals surface area (Å²) in [6.07, 6.45) is 7.71. The fourth-order valence-corrected chi connectivity index (χ4v) is 7.43. The molecule has 5 heteroatoms. The fraction of sp³-hybridized carbons (Fsp3) is 0.783. The third-order valence-corrected chi connectivity index (χ3v) is 8.62. The second-order valence-corrected chi connectivity index (χ2v) is 10.0. The third-order valence-electron chi connectivity index (χ3n) is 8.62. The summed E-state index contributed by atoms with van der Waals surface area (Å²) >= 11 is 0. The van der Waals surface area contributed by atoms with E-state index in [1.165, 1.54) is 12.5 Å². The summed E-state index contributed by atoms with van der Waals surface area (Å²) in [7, 11) is 0. The van der Waals surface area contributed by atoms with E-state index < -0.39 is 6.61 Å². The molecule has 3 fully saturated rings. The highest BCUT2D eigenvalue weighted by Crippen LogP contribution is 2.65. The number of carbonyl (C=O) groups excluding carboxylic acids is 3. The fourth-order valence-electron chi connectivity index (χ4n) is 7.43. The van der Waals surface area contributed by atoms with E-state index in [1.807, 2.05) is 0 Å². The maximum Gasteiger partial charge on any atom is 0.302 e. The van der Waals surface area contributed by atoms with Gasteiger partial charge < -0.3 is 9.84 Å². The Morgan fingerprint density at radius 2 is 2.00 bits per heavy atom. The van der Waals surface area contributed by atoms with Gasteiger partial charge in [0, 0.05) is 31.6 Å². The summed E-state index contributed by atoms with van der Waals surface area (Å²) in [4.78, 5) is 37.2. The summed E-state index contributed by atoms with van der Waals surface area (Å²) in [6.45, 7) is 5.37. The van der Waals surface area contributed by atoms with Gasteiger partial charge in [-0.15, -0.1) is 0 Å². The minimum Gasteiger partial charge on any atom is -0.462 e. The van der Waals surface area contributed by atoms with Gasteiger partial charge in [-0.1, -0.05) is 25.5 Å². The van der Waals surface area contributed by atoms with Crippen LogP contribution >= 0.6 is 0 Å². The quantitative estimate of drug-likeness (QED) is 0.593. The molecule has 0 heterocycles. The number of aliphatic hydroxyl groups excluding tert-OH is 1. The lowest BCUT2D eigenvalue weighted by atomic mass is 9.47. The van der Waals surface area contributed by atoms with Gasteiger partial charge in [-0.05, 0) is 54.8 Å². The van der Waals surface area contributed by atoms with E-state index in [0.717, 1.165) is 38.5 Å². The molecule has 0 saturated heterocycles. The average molecular weight is 389 g/mol. The lowest BCUT2D eigenvalue weighted by Gasteiger charge is -2.56. The number of esters is 1. The molecule has 0 aromatic heterocycles. The van der Waals surface area contributed by atoms with Crippen LogP contribution in [0.3, 0.4) is 0 Å². The molecule has 4 aliphatic carbocycles. The first kappa shape index (κ1) is 19.8. The second-order valence-electron chi connectivity index (χ2n) is 10.0. The second kappa shape index (κ2) is 6.79. The van der Waals surface area contributed by atoms with Gasteiger partial charge in [0.05, 0.1) is 0 Å². The Morgan fingerprint density at radius 3 is 2.68 bits per heavy atom. The van der Waals surface area contributed by atoms with Crippen molar-refractivity contribution in [3.63, 3.8) is 0 Å². The Hall–Kier alpha value is -1.49. The molecule has 0 spiro atoms. The number of aliphatic hydroxyl groups is 1. The first-order chi connectivity index (χ1) is 13.2. The molecule has 1 N–H and O–H groups in total. The Labute approximate surface area is 166 Å². The van der Waals surface area contributed by atoms with Crippen LogP contribution in [0.25, 0.3) is 0 Å². The van der Waals surface area contributed by atoms with Crippen LogP contribution < -0.4 is 0 Å². The molecule has 28 heavy (non-hydrogen) atoms. The standard InChI is InChI=1S/C23H32O5/c1-13(25)28-15-8-9-22(2)14(10-15)4-5-16-17-6-7-18(20(27)12-24)23(17,3)11-19(26)21(16)22/h4,15-18,21,24H,5-12H2,1-3H3/t15?,16-,17-,18+,21+,22-,23-/m0/s1. The van der Waals surface area contributed by atoms with Crippen LogP contribution in [-0.4, -0.2) is 35.4 Å². The molecule has 7 atom stereocenters. The molecule has 1 unspecified atom stereocenters. The van der Waals surface area contributed by atoms with Crippen LogP contribution in [0.2, 0.25) is 0 Å². The average Bonchev–Trinajstić information content (AvgIpc) is 2.97. The molecule has 0 aromatic carbocycles. The summed E-state index contributed by atoms with van der Waals surface area (Å²) in [5.74, 6) is 0.408. The molecule has 4 rings (SSSR count). The van der Waals surface area contributed by atoms with Gasteiger partial charge in [-0.25, -0.2) is 0 Å². The van der Waals surface area contributed by atoms with E-state index in [-0.39, 0.29) is 46.4 Å². The number of ether oxygens (including phenoxy) is 1. The number of ketones is 2. The van der Waals surface area contributed by atoms with Crippen LogP contribution in [0.1, 0.15) is 65.7 Å². The van der Waals surface area contributed by atoms with Crippen molar-refractivity contribution in [2.45, 2.75) is 71.8 Å². The molecule has 0 radical (unpaired) electrons. The first-order valence-electron chi connectivity index (χ1n) is 10.7. The molecule has 0 amide bonds. The van der Waals surface area contributed by atoms with Crippen molar-refractivity contribution in [2.75, 3.05) is 6.61 Å². The van der Waals surface area contributed by atoms with Gasteiger partial charge in [0.15, 0.2) is 5.78 Å². The normalized spacial score (nSPS) is 44.8. The topological polar surface area (TPSA) is 80.7 Å². The third kappa shape index (κ3) is 2.80. The number of Topliss-reactive ketones (excluding diaryl/α,β-unsaturated/α-hetero) is 2. The number of carbonyl (C=O) groups is 3. The largest absolute Gasteiger partial charge is 0.462 e. The van der Waals surface area contributed by atoms with Crippen LogP contribution in [0.15, 0.2) is 11.6 Å². The summed E-state index contributed by atoms with van der Waals surface area (Å²) in [6, 6.07) is 0. The molecule has 0 aromatic rings. The van der Waals surface area contributed by atoms with Crippen molar-refractivity contribution in [1.29, 1.82) is 0 Å². The minimum atomic E-state index is -0.422.